The minimum Gasteiger partial charge on any atom is -0.398 e. The van der Waals surface area contributed by atoms with E-state index in [-0.39, 0.29) is 0 Å². The molecule has 0 amide bonds. The van der Waals surface area contributed by atoms with Gasteiger partial charge in [0.05, 0.1) is 6.61 Å². The van der Waals surface area contributed by atoms with E-state index in [2.05, 4.69) is 0 Å². The highest BCUT2D eigenvalue weighted by Gasteiger charge is 2.18. The Kier molecular flexibility index (Phi) is 3.25. The zero-order valence-corrected chi connectivity index (χ0v) is 7.09. The van der Waals surface area contributed by atoms with Gasteiger partial charge < -0.3 is 21.1 Å². The highest BCUT2D eigenvalue weighted by Crippen LogP contribution is 2.22. The van der Waals surface area contributed by atoms with Crippen LogP contribution in [0.25, 0.3) is 0 Å². The second-order valence-electron chi connectivity index (χ2n) is 2.82. The summed E-state index contributed by atoms with van der Waals surface area (Å²) in [7, 11) is 0. The van der Waals surface area contributed by atoms with Gasteiger partial charge in [0.2, 0.25) is 0 Å². The molecule has 0 radical (unpaired) electrons. The highest BCUT2D eigenvalue weighted by atomic mass is 16.4. The number of hydrogen-bond donors (Lipinski definition) is 4. The fraction of sp³-hybridized carbons (Fsp3) is 0.333. The van der Waals surface area contributed by atoms with Gasteiger partial charge in [0, 0.05) is 11.3 Å². The van der Waals surface area contributed by atoms with Crippen LogP contribution in [0.4, 0.5) is 5.69 Å². The molecule has 5 N–H and O–H groups in total. The maximum absolute atomic E-state index is 9.48. The molecule has 0 aliphatic heterocycles. The summed E-state index contributed by atoms with van der Waals surface area (Å²) < 4.78 is 0. The number of rotatable bonds is 3. The topological polar surface area (TPSA) is 86.7 Å². The Hall–Kier alpha value is -1.10. The average molecular weight is 183 g/mol. The van der Waals surface area contributed by atoms with Gasteiger partial charge in [-0.25, -0.2) is 0 Å². The summed E-state index contributed by atoms with van der Waals surface area (Å²) in [5.74, 6) is 0. The predicted octanol–water partition coefficient (Wildman–Crippen LogP) is -0.345. The van der Waals surface area contributed by atoms with Crippen molar-refractivity contribution in [2.24, 2.45) is 0 Å². The fourth-order valence-electron chi connectivity index (χ4n) is 1.09. The molecule has 0 aliphatic rings. The fourth-order valence-corrected chi connectivity index (χ4v) is 1.09. The summed E-state index contributed by atoms with van der Waals surface area (Å²) >= 11 is 0. The first-order valence-corrected chi connectivity index (χ1v) is 3.98. The van der Waals surface area contributed by atoms with Gasteiger partial charge in [0.1, 0.15) is 12.2 Å². The lowest BCUT2D eigenvalue weighted by Crippen LogP contribution is -2.22. The normalized spacial score (nSPS) is 15.3. The van der Waals surface area contributed by atoms with Crippen LogP contribution in [-0.2, 0) is 0 Å². The molecule has 0 aromatic heterocycles. The molecule has 4 heteroatoms. The maximum atomic E-state index is 9.48. The van der Waals surface area contributed by atoms with Crippen molar-refractivity contribution >= 4 is 5.69 Å². The van der Waals surface area contributed by atoms with Crippen LogP contribution in [0.3, 0.4) is 0 Å². The van der Waals surface area contributed by atoms with E-state index in [9.17, 15) is 5.11 Å². The Balaban J connectivity index is 2.88. The first kappa shape index (κ1) is 9.98. The summed E-state index contributed by atoms with van der Waals surface area (Å²) in [5.41, 5.74) is 6.40. The van der Waals surface area contributed by atoms with Gasteiger partial charge in [0.15, 0.2) is 0 Å². The minimum absolute atomic E-state index is 0.405. The standard InChI is InChI=1S/C9H13NO3/c10-7-4-2-1-3-6(7)9(13)8(12)5-11/h1-4,8-9,11-13H,5,10H2. The molecule has 2 atom stereocenters. The molecule has 0 saturated carbocycles. The molecule has 72 valence electrons. The van der Waals surface area contributed by atoms with Crippen molar-refractivity contribution in [3.05, 3.63) is 29.8 Å². The largest absolute Gasteiger partial charge is 0.398 e. The molecule has 4 nitrogen and oxygen atoms in total. The molecule has 0 heterocycles. The molecule has 0 aliphatic carbocycles. The molecule has 0 bridgehead atoms. The van der Waals surface area contributed by atoms with Crippen molar-refractivity contribution in [3.8, 4) is 0 Å². The van der Waals surface area contributed by atoms with Gasteiger partial charge in [-0.3, -0.25) is 0 Å². The van der Waals surface area contributed by atoms with E-state index in [1.807, 2.05) is 0 Å². The molecule has 2 unspecified atom stereocenters. The van der Waals surface area contributed by atoms with E-state index < -0.39 is 18.8 Å². The third-order valence-electron chi connectivity index (χ3n) is 1.87. The second kappa shape index (κ2) is 4.23. The molecule has 0 fully saturated rings. The Bertz CT molecular complexity index is 277. The Morgan fingerprint density at radius 1 is 1.23 bits per heavy atom. The number of aliphatic hydroxyl groups is 3. The van der Waals surface area contributed by atoms with Gasteiger partial charge in [-0.1, -0.05) is 18.2 Å². The van der Waals surface area contributed by atoms with Crippen LogP contribution in [0.5, 0.6) is 0 Å². The quantitative estimate of drug-likeness (QED) is 0.483. The van der Waals surface area contributed by atoms with E-state index in [4.69, 9.17) is 15.9 Å². The van der Waals surface area contributed by atoms with Crippen molar-refractivity contribution < 1.29 is 15.3 Å². The maximum Gasteiger partial charge on any atom is 0.109 e. The molecule has 0 spiro atoms. The molecule has 1 aromatic carbocycles. The molecule has 13 heavy (non-hydrogen) atoms. The van der Waals surface area contributed by atoms with Gasteiger partial charge in [-0.05, 0) is 6.07 Å². The van der Waals surface area contributed by atoms with Gasteiger partial charge in [0.25, 0.3) is 0 Å². The lowest BCUT2D eigenvalue weighted by atomic mass is 10.0. The smallest absolute Gasteiger partial charge is 0.109 e. The first-order valence-electron chi connectivity index (χ1n) is 3.98. The van der Waals surface area contributed by atoms with Crippen molar-refractivity contribution in [1.29, 1.82) is 0 Å². The third-order valence-corrected chi connectivity index (χ3v) is 1.87. The summed E-state index contributed by atoms with van der Waals surface area (Å²) in [5, 5.41) is 27.2. The zero-order chi connectivity index (χ0) is 9.84. The number of anilines is 1. The van der Waals surface area contributed by atoms with Crippen LogP contribution >= 0.6 is 0 Å². The number of para-hydroxylation sites is 1. The summed E-state index contributed by atoms with van der Waals surface area (Å²) in [6, 6.07) is 6.68. The van der Waals surface area contributed by atoms with E-state index in [1.165, 1.54) is 0 Å². The van der Waals surface area contributed by atoms with Crippen molar-refractivity contribution in [1.82, 2.24) is 0 Å². The minimum atomic E-state index is -1.19. The number of aliphatic hydroxyl groups excluding tert-OH is 3. The molecule has 1 aromatic rings. The van der Waals surface area contributed by atoms with Gasteiger partial charge >= 0.3 is 0 Å². The van der Waals surface area contributed by atoms with E-state index in [0.717, 1.165) is 0 Å². The van der Waals surface area contributed by atoms with Crippen LogP contribution in [0.15, 0.2) is 24.3 Å². The summed E-state index contributed by atoms with van der Waals surface area (Å²) in [4.78, 5) is 0. The van der Waals surface area contributed by atoms with Gasteiger partial charge in [-0.2, -0.15) is 0 Å². The van der Waals surface area contributed by atoms with E-state index >= 15 is 0 Å². The Morgan fingerprint density at radius 2 is 1.85 bits per heavy atom. The first-order chi connectivity index (χ1) is 6.16. The lowest BCUT2D eigenvalue weighted by molar-refractivity contribution is -0.0149. The Labute approximate surface area is 76.2 Å². The van der Waals surface area contributed by atoms with Crippen LogP contribution in [0.1, 0.15) is 11.7 Å². The third kappa shape index (κ3) is 2.18. The van der Waals surface area contributed by atoms with Crippen molar-refractivity contribution in [2.45, 2.75) is 12.2 Å². The predicted molar refractivity (Wildman–Crippen MR) is 48.9 cm³/mol. The Morgan fingerprint density at radius 3 is 2.38 bits per heavy atom. The summed E-state index contributed by atoms with van der Waals surface area (Å²) in [6.07, 6.45) is -2.32. The van der Waals surface area contributed by atoms with Gasteiger partial charge in [-0.15, -0.1) is 0 Å². The average Bonchev–Trinajstić information content (AvgIpc) is 2.16. The highest BCUT2D eigenvalue weighted by molar-refractivity contribution is 5.47. The molecule has 0 saturated heterocycles. The van der Waals surface area contributed by atoms with Crippen molar-refractivity contribution in [2.75, 3.05) is 12.3 Å². The van der Waals surface area contributed by atoms with Crippen molar-refractivity contribution in [3.63, 3.8) is 0 Å². The zero-order valence-electron chi connectivity index (χ0n) is 7.09. The van der Waals surface area contributed by atoms with E-state index in [1.54, 1.807) is 24.3 Å². The molecule has 1 rings (SSSR count). The van der Waals surface area contributed by atoms with E-state index in [0.29, 0.717) is 11.3 Å². The van der Waals surface area contributed by atoms with Crippen LogP contribution in [0.2, 0.25) is 0 Å². The molecular formula is C9H13NO3. The second-order valence-corrected chi connectivity index (χ2v) is 2.82. The number of benzene rings is 1. The van der Waals surface area contributed by atoms with Crippen LogP contribution < -0.4 is 5.73 Å². The van der Waals surface area contributed by atoms with Crippen LogP contribution in [-0.4, -0.2) is 28.0 Å². The summed E-state index contributed by atoms with van der Waals surface area (Å²) in [6.45, 7) is -0.491. The molecular weight excluding hydrogens is 170 g/mol. The number of nitrogens with two attached hydrogens (primary N) is 1. The monoisotopic (exact) mass is 183 g/mol. The van der Waals surface area contributed by atoms with Crippen LogP contribution in [0, 0.1) is 0 Å². The lowest BCUT2D eigenvalue weighted by Gasteiger charge is -2.17. The number of nitrogen functional groups attached to an aromatic ring is 1. The number of hydrogen-bond acceptors (Lipinski definition) is 4. The SMILES string of the molecule is Nc1ccccc1C(O)C(O)CO.